The fourth-order valence-electron chi connectivity index (χ4n) is 1.31. The molecule has 0 aromatic rings. The molecule has 1 fully saturated rings. The SMILES string of the molecule is CC(C)[C@@H]1COC(=O)N1CC=O. The first-order chi connectivity index (χ1) is 5.66. The molecule has 1 aliphatic heterocycles. The fourth-order valence-corrected chi connectivity index (χ4v) is 1.31. The van der Waals surface area contributed by atoms with E-state index in [1.165, 1.54) is 4.90 Å². The summed E-state index contributed by atoms with van der Waals surface area (Å²) < 4.78 is 4.82. The monoisotopic (exact) mass is 171 g/mol. The van der Waals surface area contributed by atoms with Crippen LogP contribution < -0.4 is 0 Å². The van der Waals surface area contributed by atoms with Crippen LogP contribution in [0, 0.1) is 5.92 Å². The van der Waals surface area contributed by atoms with E-state index in [2.05, 4.69) is 0 Å². The van der Waals surface area contributed by atoms with Gasteiger partial charge in [-0.15, -0.1) is 0 Å². The molecule has 0 spiro atoms. The molecule has 0 N–H and O–H groups in total. The third kappa shape index (κ3) is 1.57. The summed E-state index contributed by atoms with van der Waals surface area (Å²) in [4.78, 5) is 22.7. The highest BCUT2D eigenvalue weighted by molar-refractivity contribution is 5.73. The molecule has 0 unspecified atom stereocenters. The maximum atomic E-state index is 11.0. The van der Waals surface area contributed by atoms with Crippen LogP contribution in [-0.2, 0) is 9.53 Å². The second-order valence-corrected chi connectivity index (χ2v) is 3.21. The van der Waals surface area contributed by atoms with Crippen LogP contribution in [0.5, 0.6) is 0 Å². The molecule has 4 nitrogen and oxygen atoms in total. The van der Waals surface area contributed by atoms with Crippen LogP contribution in [0.2, 0.25) is 0 Å². The van der Waals surface area contributed by atoms with Gasteiger partial charge in [0.05, 0.1) is 12.6 Å². The number of hydrogen-bond donors (Lipinski definition) is 0. The zero-order valence-electron chi connectivity index (χ0n) is 7.32. The molecule has 1 amide bonds. The predicted molar refractivity (Wildman–Crippen MR) is 42.7 cm³/mol. The van der Waals surface area contributed by atoms with Crippen molar-refractivity contribution in [3.63, 3.8) is 0 Å². The molecule has 0 radical (unpaired) electrons. The topological polar surface area (TPSA) is 46.6 Å². The molecule has 0 aromatic heterocycles. The zero-order valence-corrected chi connectivity index (χ0v) is 7.32. The van der Waals surface area contributed by atoms with E-state index in [1.54, 1.807) is 0 Å². The van der Waals surface area contributed by atoms with E-state index in [-0.39, 0.29) is 18.7 Å². The van der Waals surface area contributed by atoms with Gasteiger partial charge >= 0.3 is 6.09 Å². The first-order valence-corrected chi connectivity index (χ1v) is 4.04. The lowest BCUT2D eigenvalue weighted by atomic mass is 10.1. The van der Waals surface area contributed by atoms with Gasteiger partial charge in [0.25, 0.3) is 0 Å². The van der Waals surface area contributed by atoms with Gasteiger partial charge in [0, 0.05) is 0 Å². The van der Waals surface area contributed by atoms with Crippen molar-refractivity contribution in [1.82, 2.24) is 4.90 Å². The van der Waals surface area contributed by atoms with E-state index in [0.717, 1.165) is 6.29 Å². The molecule has 0 aliphatic carbocycles. The van der Waals surface area contributed by atoms with Crippen LogP contribution in [0.15, 0.2) is 0 Å². The molecule has 4 heteroatoms. The average molecular weight is 171 g/mol. The Kier molecular flexibility index (Phi) is 2.68. The Bertz CT molecular complexity index is 191. The quantitative estimate of drug-likeness (QED) is 0.586. The highest BCUT2D eigenvalue weighted by atomic mass is 16.6. The van der Waals surface area contributed by atoms with Gasteiger partial charge in [-0.3, -0.25) is 4.90 Å². The summed E-state index contributed by atoms with van der Waals surface area (Å²) >= 11 is 0. The van der Waals surface area contributed by atoms with Crippen LogP contribution in [0.3, 0.4) is 0 Å². The number of amides is 1. The smallest absolute Gasteiger partial charge is 0.410 e. The molecular weight excluding hydrogens is 158 g/mol. The van der Waals surface area contributed by atoms with E-state index < -0.39 is 0 Å². The van der Waals surface area contributed by atoms with E-state index in [4.69, 9.17) is 4.74 Å². The summed E-state index contributed by atoms with van der Waals surface area (Å²) in [5.41, 5.74) is 0. The standard InChI is InChI=1S/C8H13NO3/c1-6(2)7-5-12-8(11)9(7)3-4-10/h4,6-7H,3,5H2,1-2H3/t7-/m0/s1. The lowest BCUT2D eigenvalue weighted by molar-refractivity contribution is -0.108. The van der Waals surface area contributed by atoms with Crippen LogP contribution in [-0.4, -0.2) is 36.5 Å². The number of hydrogen-bond acceptors (Lipinski definition) is 3. The van der Waals surface area contributed by atoms with Gasteiger partial charge in [-0.25, -0.2) is 4.79 Å². The van der Waals surface area contributed by atoms with Crippen molar-refractivity contribution in [2.45, 2.75) is 19.9 Å². The molecular formula is C8H13NO3. The van der Waals surface area contributed by atoms with Crippen molar-refractivity contribution < 1.29 is 14.3 Å². The third-order valence-electron chi connectivity index (χ3n) is 2.05. The summed E-state index contributed by atoms with van der Waals surface area (Å²) in [6.07, 6.45) is 0.350. The Labute approximate surface area is 71.5 Å². The van der Waals surface area contributed by atoms with E-state index in [0.29, 0.717) is 12.5 Å². The molecule has 1 atom stereocenters. The van der Waals surface area contributed by atoms with Gasteiger partial charge in [-0.2, -0.15) is 0 Å². The number of nitrogens with zero attached hydrogens (tertiary/aromatic N) is 1. The molecule has 0 aromatic carbocycles. The van der Waals surface area contributed by atoms with Crippen molar-refractivity contribution >= 4 is 12.4 Å². The lowest BCUT2D eigenvalue weighted by Gasteiger charge is -2.21. The Balaban J connectivity index is 2.63. The maximum Gasteiger partial charge on any atom is 0.410 e. The van der Waals surface area contributed by atoms with Crippen molar-refractivity contribution in [1.29, 1.82) is 0 Å². The van der Waals surface area contributed by atoms with Gasteiger partial charge in [-0.05, 0) is 5.92 Å². The number of rotatable bonds is 3. The van der Waals surface area contributed by atoms with Crippen LogP contribution in [0.1, 0.15) is 13.8 Å². The zero-order chi connectivity index (χ0) is 9.14. The van der Waals surface area contributed by atoms with Crippen molar-refractivity contribution in [3.8, 4) is 0 Å². The molecule has 0 saturated carbocycles. The Morgan fingerprint density at radius 3 is 2.92 bits per heavy atom. The van der Waals surface area contributed by atoms with E-state index >= 15 is 0 Å². The minimum Gasteiger partial charge on any atom is -0.447 e. The van der Waals surface area contributed by atoms with Gasteiger partial charge in [0.2, 0.25) is 0 Å². The minimum atomic E-state index is -0.374. The van der Waals surface area contributed by atoms with Crippen molar-refractivity contribution in [3.05, 3.63) is 0 Å². The summed E-state index contributed by atoms with van der Waals surface area (Å²) in [6.45, 7) is 4.56. The summed E-state index contributed by atoms with van der Waals surface area (Å²) in [5, 5.41) is 0. The van der Waals surface area contributed by atoms with E-state index in [1.807, 2.05) is 13.8 Å². The maximum absolute atomic E-state index is 11.0. The second-order valence-electron chi connectivity index (χ2n) is 3.21. The molecule has 1 heterocycles. The Morgan fingerprint density at radius 1 is 1.75 bits per heavy atom. The molecule has 68 valence electrons. The number of aldehydes is 1. The highest BCUT2D eigenvalue weighted by Crippen LogP contribution is 2.18. The molecule has 1 aliphatic rings. The third-order valence-corrected chi connectivity index (χ3v) is 2.05. The Hall–Kier alpha value is -1.06. The highest BCUT2D eigenvalue weighted by Gasteiger charge is 2.34. The van der Waals surface area contributed by atoms with Crippen LogP contribution in [0.25, 0.3) is 0 Å². The normalized spacial score (nSPS) is 23.1. The summed E-state index contributed by atoms with van der Waals surface area (Å²) in [6, 6.07) is 0.0581. The summed E-state index contributed by atoms with van der Waals surface area (Å²) in [7, 11) is 0. The fraction of sp³-hybridized carbons (Fsp3) is 0.750. The Morgan fingerprint density at radius 2 is 2.42 bits per heavy atom. The molecule has 12 heavy (non-hydrogen) atoms. The number of carbonyl (C=O) groups is 2. The number of carbonyl (C=O) groups excluding carboxylic acids is 2. The predicted octanol–water partition coefficient (Wildman–Crippen LogP) is 0.662. The van der Waals surface area contributed by atoms with Gasteiger partial charge in [0.15, 0.2) is 0 Å². The molecule has 1 saturated heterocycles. The van der Waals surface area contributed by atoms with Crippen molar-refractivity contribution in [2.75, 3.05) is 13.2 Å². The minimum absolute atomic E-state index is 0.0581. The lowest BCUT2D eigenvalue weighted by Crippen LogP contribution is -2.38. The van der Waals surface area contributed by atoms with Crippen molar-refractivity contribution in [2.24, 2.45) is 5.92 Å². The molecule has 0 bridgehead atoms. The van der Waals surface area contributed by atoms with Crippen LogP contribution >= 0.6 is 0 Å². The first-order valence-electron chi connectivity index (χ1n) is 4.04. The number of cyclic esters (lactones) is 1. The van der Waals surface area contributed by atoms with Gasteiger partial charge < -0.3 is 9.53 Å². The first kappa shape index (κ1) is 9.03. The average Bonchev–Trinajstić information content (AvgIpc) is 2.34. The largest absolute Gasteiger partial charge is 0.447 e. The van der Waals surface area contributed by atoms with Gasteiger partial charge in [-0.1, -0.05) is 13.8 Å². The number of ether oxygens (including phenoxy) is 1. The molecule has 1 rings (SSSR count). The summed E-state index contributed by atoms with van der Waals surface area (Å²) in [5.74, 6) is 0.330. The van der Waals surface area contributed by atoms with Gasteiger partial charge in [0.1, 0.15) is 12.9 Å². The van der Waals surface area contributed by atoms with Crippen LogP contribution in [0.4, 0.5) is 4.79 Å². The second kappa shape index (κ2) is 3.56. The van der Waals surface area contributed by atoms with E-state index in [9.17, 15) is 9.59 Å².